The lowest BCUT2D eigenvalue weighted by Gasteiger charge is -2.12. The summed E-state index contributed by atoms with van der Waals surface area (Å²) in [7, 11) is 1.65. The van der Waals surface area contributed by atoms with Crippen LogP contribution < -0.4 is 20.1 Å². The standard InChI is InChI=1S/C21H24N4O2/c1-14(2)27-18-10-8-16(9-11-18)24-21-22-15(3)12-20(25-21)23-17-6-5-7-19(13-17)26-4/h5-14H,1-4H3,(H2,22,23,24,25). The minimum absolute atomic E-state index is 0.147. The second-order valence-electron chi connectivity index (χ2n) is 6.39. The van der Waals surface area contributed by atoms with Crippen LogP contribution in [-0.4, -0.2) is 23.2 Å². The van der Waals surface area contributed by atoms with Crippen molar-refractivity contribution >= 4 is 23.1 Å². The largest absolute Gasteiger partial charge is 0.497 e. The van der Waals surface area contributed by atoms with Crippen LogP contribution >= 0.6 is 0 Å². The highest BCUT2D eigenvalue weighted by Crippen LogP contribution is 2.23. The summed E-state index contributed by atoms with van der Waals surface area (Å²) in [4.78, 5) is 9.00. The van der Waals surface area contributed by atoms with Crippen molar-refractivity contribution in [1.29, 1.82) is 0 Å². The average molecular weight is 364 g/mol. The first-order chi connectivity index (χ1) is 13.0. The van der Waals surface area contributed by atoms with E-state index in [1.807, 2.05) is 75.4 Å². The van der Waals surface area contributed by atoms with Crippen molar-refractivity contribution < 1.29 is 9.47 Å². The van der Waals surface area contributed by atoms with Gasteiger partial charge in [0.15, 0.2) is 0 Å². The van der Waals surface area contributed by atoms with Gasteiger partial charge in [-0.2, -0.15) is 4.98 Å². The highest BCUT2D eigenvalue weighted by Gasteiger charge is 2.05. The first-order valence-electron chi connectivity index (χ1n) is 8.82. The van der Waals surface area contributed by atoms with Crippen molar-refractivity contribution in [3.05, 3.63) is 60.3 Å². The molecular weight excluding hydrogens is 340 g/mol. The van der Waals surface area contributed by atoms with Gasteiger partial charge in [0.05, 0.1) is 13.2 Å². The fourth-order valence-electron chi connectivity index (χ4n) is 2.56. The van der Waals surface area contributed by atoms with E-state index in [1.165, 1.54) is 0 Å². The minimum atomic E-state index is 0.147. The Labute approximate surface area is 159 Å². The van der Waals surface area contributed by atoms with Crippen molar-refractivity contribution in [2.75, 3.05) is 17.7 Å². The molecule has 0 saturated carbocycles. The molecule has 0 amide bonds. The molecule has 0 unspecified atom stereocenters. The van der Waals surface area contributed by atoms with Gasteiger partial charge in [0.2, 0.25) is 5.95 Å². The molecule has 0 aliphatic carbocycles. The topological polar surface area (TPSA) is 68.3 Å². The van der Waals surface area contributed by atoms with Crippen LogP contribution in [0.5, 0.6) is 11.5 Å². The summed E-state index contributed by atoms with van der Waals surface area (Å²) in [5, 5.41) is 6.52. The van der Waals surface area contributed by atoms with Gasteiger partial charge in [-0.1, -0.05) is 6.07 Å². The van der Waals surface area contributed by atoms with Gasteiger partial charge in [0.25, 0.3) is 0 Å². The molecule has 27 heavy (non-hydrogen) atoms. The maximum absolute atomic E-state index is 5.66. The molecule has 0 bridgehead atoms. The van der Waals surface area contributed by atoms with Gasteiger partial charge < -0.3 is 20.1 Å². The predicted octanol–water partition coefficient (Wildman–Crippen LogP) is 5.07. The molecule has 0 aliphatic heterocycles. The number of methoxy groups -OCH3 is 1. The molecule has 1 heterocycles. The normalized spacial score (nSPS) is 10.6. The number of nitrogens with one attached hydrogen (secondary N) is 2. The summed E-state index contributed by atoms with van der Waals surface area (Å²) in [6.07, 6.45) is 0.147. The quantitative estimate of drug-likeness (QED) is 0.610. The molecule has 0 spiro atoms. The molecule has 6 heteroatoms. The summed E-state index contributed by atoms with van der Waals surface area (Å²) in [5.41, 5.74) is 2.65. The number of rotatable bonds is 7. The number of hydrogen-bond acceptors (Lipinski definition) is 6. The zero-order valence-electron chi connectivity index (χ0n) is 16.0. The van der Waals surface area contributed by atoms with E-state index in [2.05, 4.69) is 20.6 Å². The Morgan fingerprint density at radius 3 is 2.33 bits per heavy atom. The predicted molar refractivity (Wildman–Crippen MR) is 109 cm³/mol. The molecule has 140 valence electrons. The molecule has 0 saturated heterocycles. The maximum atomic E-state index is 5.66. The van der Waals surface area contributed by atoms with Crippen LogP contribution in [-0.2, 0) is 0 Å². The van der Waals surface area contributed by atoms with Crippen molar-refractivity contribution in [2.45, 2.75) is 26.9 Å². The van der Waals surface area contributed by atoms with E-state index in [-0.39, 0.29) is 6.10 Å². The van der Waals surface area contributed by atoms with Crippen LogP contribution in [0.3, 0.4) is 0 Å². The van der Waals surface area contributed by atoms with Crippen LogP contribution in [0, 0.1) is 6.92 Å². The lowest BCUT2D eigenvalue weighted by atomic mass is 10.3. The van der Waals surface area contributed by atoms with Crippen LogP contribution in [0.15, 0.2) is 54.6 Å². The van der Waals surface area contributed by atoms with Crippen LogP contribution in [0.4, 0.5) is 23.1 Å². The second-order valence-corrected chi connectivity index (χ2v) is 6.39. The van der Waals surface area contributed by atoms with E-state index in [4.69, 9.17) is 9.47 Å². The number of ether oxygens (including phenoxy) is 2. The van der Waals surface area contributed by atoms with Crippen LogP contribution in [0.1, 0.15) is 19.5 Å². The number of anilines is 4. The Bertz CT molecular complexity index is 895. The Hall–Kier alpha value is -3.28. The molecule has 0 fully saturated rings. The molecule has 3 aromatic rings. The molecule has 0 atom stereocenters. The Balaban J connectivity index is 1.74. The first-order valence-corrected chi connectivity index (χ1v) is 8.82. The molecule has 2 aromatic carbocycles. The van der Waals surface area contributed by atoms with Crippen molar-refractivity contribution in [3.63, 3.8) is 0 Å². The fourth-order valence-corrected chi connectivity index (χ4v) is 2.56. The van der Waals surface area contributed by atoms with Gasteiger partial charge in [0, 0.05) is 29.2 Å². The van der Waals surface area contributed by atoms with Gasteiger partial charge >= 0.3 is 0 Å². The molecule has 0 radical (unpaired) electrons. The summed E-state index contributed by atoms with van der Waals surface area (Å²) in [5.74, 6) is 2.85. The van der Waals surface area contributed by atoms with Crippen LogP contribution in [0.25, 0.3) is 0 Å². The van der Waals surface area contributed by atoms with Crippen molar-refractivity contribution in [3.8, 4) is 11.5 Å². The number of nitrogens with zero attached hydrogens (tertiary/aromatic N) is 2. The van der Waals surface area contributed by atoms with Gasteiger partial charge in [-0.3, -0.25) is 0 Å². The van der Waals surface area contributed by atoms with E-state index in [9.17, 15) is 0 Å². The molecular formula is C21H24N4O2. The molecule has 2 N–H and O–H groups in total. The highest BCUT2D eigenvalue weighted by atomic mass is 16.5. The third-order valence-electron chi connectivity index (χ3n) is 3.68. The third kappa shape index (κ3) is 5.34. The van der Waals surface area contributed by atoms with E-state index < -0.39 is 0 Å². The number of aryl methyl sites for hydroxylation is 1. The molecule has 6 nitrogen and oxygen atoms in total. The van der Waals surface area contributed by atoms with E-state index >= 15 is 0 Å². The van der Waals surface area contributed by atoms with Gasteiger partial charge in [-0.15, -0.1) is 0 Å². The van der Waals surface area contributed by atoms with Gasteiger partial charge in [-0.05, 0) is 57.2 Å². The Morgan fingerprint density at radius 1 is 0.852 bits per heavy atom. The van der Waals surface area contributed by atoms with Gasteiger partial charge in [0.1, 0.15) is 17.3 Å². The number of benzene rings is 2. The van der Waals surface area contributed by atoms with Crippen LogP contribution in [0.2, 0.25) is 0 Å². The Kier molecular flexibility index (Phi) is 5.76. The SMILES string of the molecule is COc1cccc(Nc2cc(C)nc(Nc3ccc(OC(C)C)cc3)n2)c1. The van der Waals surface area contributed by atoms with Crippen molar-refractivity contribution in [1.82, 2.24) is 9.97 Å². The summed E-state index contributed by atoms with van der Waals surface area (Å²) >= 11 is 0. The maximum Gasteiger partial charge on any atom is 0.229 e. The highest BCUT2D eigenvalue weighted by molar-refractivity contribution is 5.61. The summed E-state index contributed by atoms with van der Waals surface area (Å²) in [6.45, 7) is 5.94. The summed E-state index contributed by atoms with van der Waals surface area (Å²) in [6, 6.07) is 17.3. The lowest BCUT2D eigenvalue weighted by molar-refractivity contribution is 0.242. The second kappa shape index (κ2) is 8.40. The first kappa shape index (κ1) is 18.5. The van der Waals surface area contributed by atoms with E-state index in [0.717, 1.165) is 28.6 Å². The average Bonchev–Trinajstić information content (AvgIpc) is 2.62. The fraction of sp³-hybridized carbons (Fsp3) is 0.238. The zero-order valence-corrected chi connectivity index (χ0v) is 16.0. The third-order valence-corrected chi connectivity index (χ3v) is 3.68. The monoisotopic (exact) mass is 364 g/mol. The molecule has 3 rings (SSSR count). The number of aromatic nitrogens is 2. The lowest BCUT2D eigenvalue weighted by Crippen LogP contribution is -2.05. The minimum Gasteiger partial charge on any atom is -0.497 e. The number of hydrogen-bond donors (Lipinski definition) is 2. The Morgan fingerprint density at radius 2 is 1.63 bits per heavy atom. The smallest absolute Gasteiger partial charge is 0.229 e. The molecule has 0 aliphatic rings. The van der Waals surface area contributed by atoms with Gasteiger partial charge in [-0.25, -0.2) is 4.98 Å². The summed E-state index contributed by atoms with van der Waals surface area (Å²) < 4.78 is 10.9. The molecule has 1 aromatic heterocycles. The van der Waals surface area contributed by atoms with Crippen molar-refractivity contribution in [2.24, 2.45) is 0 Å². The zero-order chi connectivity index (χ0) is 19.2. The van der Waals surface area contributed by atoms with E-state index in [1.54, 1.807) is 7.11 Å². The van der Waals surface area contributed by atoms with E-state index in [0.29, 0.717) is 11.8 Å².